The van der Waals surface area contributed by atoms with Crippen LogP contribution >= 0.6 is 0 Å². The van der Waals surface area contributed by atoms with Gasteiger partial charge in [0.25, 0.3) is 0 Å². The lowest BCUT2D eigenvalue weighted by atomic mass is 9.98. The van der Waals surface area contributed by atoms with E-state index in [1.54, 1.807) is 7.11 Å². The van der Waals surface area contributed by atoms with Crippen LogP contribution < -0.4 is 0 Å². The molecule has 18 heavy (non-hydrogen) atoms. The third-order valence-electron chi connectivity index (χ3n) is 3.71. The molecule has 2 heteroatoms. The van der Waals surface area contributed by atoms with Crippen LogP contribution in [0.3, 0.4) is 0 Å². The van der Waals surface area contributed by atoms with Gasteiger partial charge in [0.1, 0.15) is 0 Å². The van der Waals surface area contributed by atoms with Crippen molar-refractivity contribution < 1.29 is 9.47 Å². The SMILES string of the molecule is CCCCCCCCCCC(OC)C(C)COC. The number of unbranched alkanes of at least 4 members (excludes halogenated alkanes) is 7. The smallest absolute Gasteiger partial charge is 0.0618 e. The molecule has 0 heterocycles. The summed E-state index contributed by atoms with van der Waals surface area (Å²) in [4.78, 5) is 0. The van der Waals surface area contributed by atoms with E-state index in [-0.39, 0.29) is 0 Å². The Hall–Kier alpha value is -0.0800. The van der Waals surface area contributed by atoms with Crippen LogP contribution in [0.2, 0.25) is 0 Å². The van der Waals surface area contributed by atoms with E-state index in [0.717, 1.165) is 6.61 Å². The lowest BCUT2D eigenvalue weighted by molar-refractivity contribution is 0.0156. The van der Waals surface area contributed by atoms with Gasteiger partial charge in [0.05, 0.1) is 12.7 Å². The minimum Gasteiger partial charge on any atom is -0.384 e. The topological polar surface area (TPSA) is 18.5 Å². The maximum absolute atomic E-state index is 5.54. The fourth-order valence-electron chi connectivity index (χ4n) is 2.48. The second-order valence-corrected chi connectivity index (χ2v) is 5.47. The van der Waals surface area contributed by atoms with Gasteiger partial charge in [-0.2, -0.15) is 0 Å². The highest BCUT2D eigenvalue weighted by Crippen LogP contribution is 2.16. The monoisotopic (exact) mass is 258 g/mol. The van der Waals surface area contributed by atoms with Crippen molar-refractivity contribution in [2.75, 3.05) is 20.8 Å². The van der Waals surface area contributed by atoms with E-state index in [9.17, 15) is 0 Å². The van der Waals surface area contributed by atoms with E-state index < -0.39 is 0 Å². The number of hydrogen-bond acceptors (Lipinski definition) is 2. The van der Waals surface area contributed by atoms with Crippen molar-refractivity contribution in [3.05, 3.63) is 0 Å². The fourth-order valence-corrected chi connectivity index (χ4v) is 2.48. The van der Waals surface area contributed by atoms with Crippen molar-refractivity contribution in [3.8, 4) is 0 Å². The molecule has 2 atom stereocenters. The molecule has 0 rings (SSSR count). The standard InChI is InChI=1S/C16H34O2/c1-5-6-7-8-9-10-11-12-13-16(18-4)15(2)14-17-3/h15-16H,5-14H2,1-4H3. The Morgan fingerprint density at radius 2 is 1.39 bits per heavy atom. The zero-order valence-corrected chi connectivity index (χ0v) is 13.0. The first-order valence-corrected chi connectivity index (χ1v) is 7.78. The van der Waals surface area contributed by atoms with Crippen molar-refractivity contribution in [2.45, 2.75) is 77.7 Å². The maximum Gasteiger partial charge on any atom is 0.0618 e. The Kier molecular flexibility index (Phi) is 13.3. The Morgan fingerprint density at radius 3 is 1.89 bits per heavy atom. The predicted molar refractivity (Wildman–Crippen MR) is 79.1 cm³/mol. The minimum atomic E-state index is 0.366. The molecule has 2 nitrogen and oxygen atoms in total. The van der Waals surface area contributed by atoms with E-state index >= 15 is 0 Å². The Bertz CT molecular complexity index is 159. The summed E-state index contributed by atoms with van der Waals surface area (Å²) in [7, 11) is 3.58. The van der Waals surface area contributed by atoms with Crippen molar-refractivity contribution in [1.82, 2.24) is 0 Å². The molecule has 0 N–H and O–H groups in total. The highest BCUT2D eigenvalue weighted by atomic mass is 16.5. The maximum atomic E-state index is 5.54. The molecular weight excluding hydrogens is 224 g/mol. The highest BCUT2D eigenvalue weighted by molar-refractivity contribution is 4.65. The fraction of sp³-hybridized carbons (Fsp3) is 1.00. The summed E-state index contributed by atoms with van der Waals surface area (Å²) in [6, 6.07) is 0. The summed E-state index contributed by atoms with van der Waals surface area (Å²) in [6.07, 6.45) is 12.6. The van der Waals surface area contributed by atoms with Gasteiger partial charge in [-0.05, 0) is 6.42 Å². The Balaban J connectivity index is 3.39. The lowest BCUT2D eigenvalue weighted by Gasteiger charge is -2.21. The molecule has 0 amide bonds. The summed E-state index contributed by atoms with van der Waals surface area (Å²) in [5.74, 6) is 0.504. The number of rotatable bonds is 13. The number of ether oxygens (including phenoxy) is 2. The van der Waals surface area contributed by atoms with Crippen molar-refractivity contribution in [1.29, 1.82) is 0 Å². The van der Waals surface area contributed by atoms with Gasteiger partial charge in [0.2, 0.25) is 0 Å². The van der Waals surface area contributed by atoms with Crippen LogP contribution in [0, 0.1) is 5.92 Å². The van der Waals surface area contributed by atoms with Crippen LogP contribution in [0.5, 0.6) is 0 Å². The van der Waals surface area contributed by atoms with Gasteiger partial charge in [-0.3, -0.25) is 0 Å². The zero-order valence-electron chi connectivity index (χ0n) is 13.0. The molecule has 0 saturated carbocycles. The summed E-state index contributed by atoms with van der Waals surface area (Å²) in [6.45, 7) is 5.28. The van der Waals surface area contributed by atoms with E-state index in [1.807, 2.05) is 7.11 Å². The summed E-state index contributed by atoms with van der Waals surface area (Å²) < 4.78 is 10.7. The average molecular weight is 258 g/mol. The molecule has 0 aliphatic rings. The van der Waals surface area contributed by atoms with Crippen LogP contribution in [0.15, 0.2) is 0 Å². The quantitative estimate of drug-likeness (QED) is 0.441. The molecule has 0 aliphatic carbocycles. The number of methoxy groups -OCH3 is 2. The molecule has 2 unspecified atom stereocenters. The van der Waals surface area contributed by atoms with Crippen LogP contribution in [-0.4, -0.2) is 26.9 Å². The first kappa shape index (κ1) is 17.9. The van der Waals surface area contributed by atoms with Gasteiger partial charge < -0.3 is 9.47 Å². The molecular formula is C16H34O2. The van der Waals surface area contributed by atoms with E-state index in [4.69, 9.17) is 9.47 Å². The van der Waals surface area contributed by atoms with E-state index in [0.29, 0.717) is 12.0 Å². The number of hydrogen-bond donors (Lipinski definition) is 0. The van der Waals surface area contributed by atoms with Gasteiger partial charge in [-0.25, -0.2) is 0 Å². The molecule has 0 aliphatic heterocycles. The molecule has 0 aromatic rings. The molecule has 0 aromatic heterocycles. The summed E-state index contributed by atoms with van der Waals surface area (Å²) >= 11 is 0. The predicted octanol–water partition coefficient (Wildman–Crippen LogP) is 4.81. The normalized spacial score (nSPS) is 14.7. The van der Waals surface area contributed by atoms with Crippen LogP contribution in [0.1, 0.15) is 71.6 Å². The van der Waals surface area contributed by atoms with E-state index in [1.165, 1.54) is 57.8 Å². The van der Waals surface area contributed by atoms with Gasteiger partial charge >= 0.3 is 0 Å². The second kappa shape index (κ2) is 13.4. The van der Waals surface area contributed by atoms with Gasteiger partial charge in [-0.15, -0.1) is 0 Å². The molecule has 0 radical (unpaired) electrons. The molecule has 0 aromatic carbocycles. The van der Waals surface area contributed by atoms with Gasteiger partial charge in [-0.1, -0.05) is 65.2 Å². The largest absolute Gasteiger partial charge is 0.384 e. The summed E-state index contributed by atoms with van der Waals surface area (Å²) in [5.41, 5.74) is 0. The zero-order chi connectivity index (χ0) is 13.6. The summed E-state index contributed by atoms with van der Waals surface area (Å²) in [5, 5.41) is 0. The van der Waals surface area contributed by atoms with E-state index in [2.05, 4.69) is 13.8 Å². The molecule has 0 saturated heterocycles. The molecule has 0 spiro atoms. The molecule has 0 fully saturated rings. The third-order valence-corrected chi connectivity index (χ3v) is 3.71. The Morgan fingerprint density at radius 1 is 0.833 bits per heavy atom. The first-order chi connectivity index (χ1) is 8.76. The molecule has 110 valence electrons. The lowest BCUT2D eigenvalue weighted by Crippen LogP contribution is -2.24. The molecule has 0 bridgehead atoms. The van der Waals surface area contributed by atoms with Gasteiger partial charge in [0.15, 0.2) is 0 Å². The van der Waals surface area contributed by atoms with Crippen molar-refractivity contribution >= 4 is 0 Å². The minimum absolute atomic E-state index is 0.366. The third kappa shape index (κ3) is 9.90. The van der Waals surface area contributed by atoms with Crippen LogP contribution in [-0.2, 0) is 9.47 Å². The average Bonchev–Trinajstić information content (AvgIpc) is 2.37. The van der Waals surface area contributed by atoms with Crippen LogP contribution in [0.4, 0.5) is 0 Å². The van der Waals surface area contributed by atoms with Crippen molar-refractivity contribution in [2.24, 2.45) is 5.92 Å². The van der Waals surface area contributed by atoms with Crippen LogP contribution in [0.25, 0.3) is 0 Å². The van der Waals surface area contributed by atoms with Gasteiger partial charge in [0, 0.05) is 20.1 Å². The Labute approximate surface area is 114 Å². The first-order valence-electron chi connectivity index (χ1n) is 7.78. The highest BCUT2D eigenvalue weighted by Gasteiger charge is 2.15. The second-order valence-electron chi connectivity index (χ2n) is 5.47. The van der Waals surface area contributed by atoms with Crippen molar-refractivity contribution in [3.63, 3.8) is 0 Å².